The fraction of sp³-hybridized carbons (Fsp3) is 0.375. The molecule has 0 aromatic carbocycles. The Morgan fingerprint density at radius 2 is 1.91 bits per heavy atom. The van der Waals surface area contributed by atoms with E-state index < -0.39 is 0 Å². The molecule has 0 radical (unpaired) electrons. The molecule has 3 rings (SSSR count). The molecule has 0 bridgehead atoms. The summed E-state index contributed by atoms with van der Waals surface area (Å²) in [5.41, 5.74) is 0. The number of carbonyl (C=O) groups is 2. The summed E-state index contributed by atoms with van der Waals surface area (Å²) in [5.74, 6) is 0.394. The number of thiophene rings is 1. The highest BCUT2D eigenvalue weighted by molar-refractivity contribution is 7.10. The fourth-order valence-corrected chi connectivity index (χ4v) is 3.30. The fourth-order valence-electron chi connectivity index (χ4n) is 2.60. The van der Waals surface area contributed by atoms with Gasteiger partial charge in [-0.15, -0.1) is 11.3 Å². The Balaban J connectivity index is 1.57. The number of furan rings is 1. The molecular weight excluding hydrogens is 300 g/mol. The summed E-state index contributed by atoms with van der Waals surface area (Å²) in [5, 5.41) is 1.98. The molecule has 22 heavy (non-hydrogen) atoms. The van der Waals surface area contributed by atoms with E-state index in [1.54, 1.807) is 28.4 Å². The van der Waals surface area contributed by atoms with Crippen LogP contribution < -0.4 is 0 Å². The Bertz CT molecular complexity index is 622. The van der Waals surface area contributed by atoms with Gasteiger partial charge in [0, 0.05) is 31.1 Å². The first-order chi connectivity index (χ1) is 10.7. The monoisotopic (exact) mass is 318 g/mol. The van der Waals surface area contributed by atoms with Crippen molar-refractivity contribution in [1.82, 2.24) is 9.80 Å². The van der Waals surface area contributed by atoms with Gasteiger partial charge in [-0.3, -0.25) is 9.59 Å². The number of carbonyl (C=O) groups excluding carboxylic acids is 2. The van der Waals surface area contributed by atoms with Gasteiger partial charge in [0.25, 0.3) is 5.91 Å². The molecule has 0 atom stereocenters. The van der Waals surface area contributed by atoms with Crippen molar-refractivity contribution >= 4 is 23.2 Å². The van der Waals surface area contributed by atoms with E-state index in [1.165, 1.54) is 6.26 Å². The zero-order valence-electron chi connectivity index (χ0n) is 12.2. The standard InChI is InChI=1S/C16H18N2O3S/c19-15(12-13-4-2-11-22-13)17-6-3-7-18(9-8-17)16(20)14-5-1-10-21-14/h1-2,4-5,10-11H,3,6-9,12H2. The minimum Gasteiger partial charge on any atom is -0.459 e. The van der Waals surface area contributed by atoms with Crippen LogP contribution in [-0.4, -0.2) is 47.8 Å². The Kier molecular flexibility index (Phi) is 4.58. The molecule has 0 aliphatic carbocycles. The molecule has 0 unspecified atom stereocenters. The first-order valence-electron chi connectivity index (χ1n) is 7.37. The predicted octanol–water partition coefficient (Wildman–Crippen LogP) is 2.26. The van der Waals surface area contributed by atoms with Gasteiger partial charge < -0.3 is 14.2 Å². The van der Waals surface area contributed by atoms with Crippen LogP contribution in [0.15, 0.2) is 40.3 Å². The van der Waals surface area contributed by atoms with Gasteiger partial charge in [-0.2, -0.15) is 0 Å². The topological polar surface area (TPSA) is 53.8 Å². The zero-order valence-corrected chi connectivity index (χ0v) is 13.1. The Hall–Kier alpha value is -2.08. The summed E-state index contributed by atoms with van der Waals surface area (Å²) in [6, 6.07) is 7.32. The summed E-state index contributed by atoms with van der Waals surface area (Å²) in [6.45, 7) is 2.49. The van der Waals surface area contributed by atoms with Crippen LogP contribution in [0.2, 0.25) is 0 Å². The number of hydrogen-bond acceptors (Lipinski definition) is 4. The quantitative estimate of drug-likeness (QED) is 0.872. The lowest BCUT2D eigenvalue weighted by atomic mass is 10.3. The second kappa shape index (κ2) is 6.79. The van der Waals surface area contributed by atoms with Crippen LogP contribution >= 0.6 is 11.3 Å². The average molecular weight is 318 g/mol. The molecule has 0 saturated carbocycles. The molecule has 1 saturated heterocycles. The molecule has 5 nitrogen and oxygen atoms in total. The minimum absolute atomic E-state index is 0.0995. The highest BCUT2D eigenvalue weighted by Gasteiger charge is 2.24. The SMILES string of the molecule is O=C(Cc1cccs1)N1CCCN(C(=O)c2ccco2)CC1. The lowest BCUT2D eigenvalue weighted by molar-refractivity contribution is -0.130. The minimum atomic E-state index is -0.0995. The van der Waals surface area contributed by atoms with Gasteiger partial charge in [-0.25, -0.2) is 0 Å². The van der Waals surface area contributed by atoms with Gasteiger partial charge in [0.15, 0.2) is 5.76 Å². The Morgan fingerprint density at radius 3 is 2.64 bits per heavy atom. The number of nitrogens with zero attached hydrogens (tertiary/aromatic N) is 2. The Morgan fingerprint density at radius 1 is 1.09 bits per heavy atom. The molecule has 2 aromatic rings. The molecule has 116 valence electrons. The normalized spacial score (nSPS) is 15.6. The van der Waals surface area contributed by atoms with Crippen molar-refractivity contribution in [2.45, 2.75) is 12.8 Å². The number of amides is 2. The smallest absolute Gasteiger partial charge is 0.289 e. The highest BCUT2D eigenvalue weighted by atomic mass is 32.1. The summed E-state index contributed by atoms with van der Waals surface area (Å²) >= 11 is 1.60. The third-order valence-electron chi connectivity index (χ3n) is 3.77. The molecule has 2 aromatic heterocycles. The predicted molar refractivity (Wildman–Crippen MR) is 83.8 cm³/mol. The van der Waals surface area contributed by atoms with Crippen molar-refractivity contribution < 1.29 is 14.0 Å². The first-order valence-corrected chi connectivity index (χ1v) is 8.25. The van der Waals surface area contributed by atoms with Gasteiger partial charge in [-0.05, 0) is 30.0 Å². The first kappa shape index (κ1) is 14.8. The van der Waals surface area contributed by atoms with Crippen molar-refractivity contribution in [3.63, 3.8) is 0 Å². The van der Waals surface area contributed by atoms with Crippen LogP contribution in [0.25, 0.3) is 0 Å². The maximum atomic E-state index is 12.3. The van der Waals surface area contributed by atoms with Gasteiger partial charge in [-0.1, -0.05) is 6.07 Å². The second-order valence-electron chi connectivity index (χ2n) is 5.26. The molecule has 0 spiro atoms. The summed E-state index contributed by atoms with van der Waals surface area (Å²) in [7, 11) is 0. The van der Waals surface area contributed by atoms with Crippen LogP contribution in [-0.2, 0) is 11.2 Å². The largest absolute Gasteiger partial charge is 0.459 e. The molecule has 1 aliphatic rings. The van der Waals surface area contributed by atoms with Crippen molar-refractivity contribution in [2.75, 3.05) is 26.2 Å². The van der Waals surface area contributed by atoms with Crippen LogP contribution in [0.5, 0.6) is 0 Å². The van der Waals surface area contributed by atoms with E-state index in [1.807, 2.05) is 22.4 Å². The number of rotatable bonds is 3. The molecule has 1 aliphatic heterocycles. The van der Waals surface area contributed by atoms with Crippen molar-refractivity contribution in [3.8, 4) is 0 Å². The van der Waals surface area contributed by atoms with E-state index >= 15 is 0 Å². The maximum absolute atomic E-state index is 12.3. The van der Waals surface area contributed by atoms with E-state index in [0.717, 1.165) is 11.3 Å². The lowest BCUT2D eigenvalue weighted by Gasteiger charge is -2.21. The third kappa shape index (κ3) is 3.39. The highest BCUT2D eigenvalue weighted by Crippen LogP contribution is 2.13. The molecule has 1 fully saturated rings. The molecule has 3 heterocycles. The lowest BCUT2D eigenvalue weighted by Crippen LogP contribution is -2.37. The summed E-state index contributed by atoms with van der Waals surface area (Å²) in [4.78, 5) is 29.3. The summed E-state index contributed by atoms with van der Waals surface area (Å²) in [6.07, 6.45) is 2.74. The van der Waals surface area contributed by atoms with Gasteiger partial charge in [0.2, 0.25) is 5.91 Å². The molecule has 2 amide bonds. The van der Waals surface area contributed by atoms with Gasteiger partial charge in [0.05, 0.1) is 12.7 Å². The maximum Gasteiger partial charge on any atom is 0.289 e. The average Bonchev–Trinajstić information content (AvgIpc) is 3.16. The van der Waals surface area contributed by atoms with Crippen molar-refractivity contribution in [1.29, 1.82) is 0 Å². The van der Waals surface area contributed by atoms with E-state index in [0.29, 0.717) is 38.4 Å². The third-order valence-corrected chi connectivity index (χ3v) is 4.65. The molecule has 0 N–H and O–H groups in total. The van der Waals surface area contributed by atoms with Crippen LogP contribution in [0.1, 0.15) is 21.9 Å². The van der Waals surface area contributed by atoms with E-state index in [9.17, 15) is 9.59 Å². The zero-order chi connectivity index (χ0) is 15.4. The van der Waals surface area contributed by atoms with E-state index in [4.69, 9.17) is 4.42 Å². The van der Waals surface area contributed by atoms with E-state index in [-0.39, 0.29) is 11.8 Å². The van der Waals surface area contributed by atoms with Crippen molar-refractivity contribution in [3.05, 3.63) is 46.5 Å². The van der Waals surface area contributed by atoms with Crippen molar-refractivity contribution in [2.24, 2.45) is 0 Å². The Labute approximate surface area is 133 Å². The summed E-state index contributed by atoms with van der Waals surface area (Å²) < 4.78 is 5.16. The van der Waals surface area contributed by atoms with Crippen LogP contribution in [0, 0.1) is 0 Å². The van der Waals surface area contributed by atoms with Gasteiger partial charge >= 0.3 is 0 Å². The molecular formula is C16H18N2O3S. The molecule has 6 heteroatoms. The van der Waals surface area contributed by atoms with Crippen LogP contribution in [0.4, 0.5) is 0 Å². The van der Waals surface area contributed by atoms with Crippen LogP contribution in [0.3, 0.4) is 0 Å². The van der Waals surface area contributed by atoms with E-state index in [2.05, 4.69) is 0 Å². The van der Waals surface area contributed by atoms with Gasteiger partial charge in [0.1, 0.15) is 0 Å². The number of hydrogen-bond donors (Lipinski definition) is 0. The second-order valence-corrected chi connectivity index (χ2v) is 6.29.